The zero-order valence-corrected chi connectivity index (χ0v) is 7.45. The molecule has 0 spiro atoms. The molecular weight excluding hydrogens is 182 g/mol. The number of aromatic nitrogens is 5. The van der Waals surface area contributed by atoms with Crippen LogP contribution >= 0.6 is 0 Å². The second-order valence-electron chi connectivity index (χ2n) is 2.60. The van der Waals surface area contributed by atoms with E-state index in [1.165, 1.54) is 36.5 Å². The van der Waals surface area contributed by atoms with Crippen LogP contribution in [0.5, 0.6) is 0 Å². The number of hydrogen-bond acceptors (Lipinski definition) is 5. The maximum absolute atomic E-state index is 11.2. The molecule has 0 saturated carbocycles. The molecule has 2 rings (SSSR count). The maximum Gasteiger partial charge on any atom is 0.203 e. The van der Waals surface area contributed by atoms with Crippen LogP contribution < -0.4 is 0 Å². The molecule has 0 fully saturated rings. The van der Waals surface area contributed by atoms with Crippen LogP contribution in [0.1, 0.15) is 17.4 Å². The van der Waals surface area contributed by atoms with Crippen LogP contribution in [-0.2, 0) is 0 Å². The van der Waals surface area contributed by atoms with E-state index in [1.54, 1.807) is 0 Å². The summed E-state index contributed by atoms with van der Waals surface area (Å²) >= 11 is 0. The van der Waals surface area contributed by atoms with E-state index in [2.05, 4.69) is 20.2 Å². The minimum atomic E-state index is -0.162. The first kappa shape index (κ1) is 8.49. The van der Waals surface area contributed by atoms with Crippen LogP contribution in [0.2, 0.25) is 0 Å². The third kappa shape index (κ3) is 1.37. The Hall–Kier alpha value is -2.11. The van der Waals surface area contributed by atoms with Gasteiger partial charge in [0.25, 0.3) is 0 Å². The van der Waals surface area contributed by atoms with Crippen LogP contribution in [0.15, 0.2) is 24.8 Å². The summed E-state index contributed by atoms with van der Waals surface area (Å²) in [5.74, 6) is 0.190. The lowest BCUT2D eigenvalue weighted by Crippen LogP contribution is -2.10. The Morgan fingerprint density at radius 1 is 1.14 bits per heavy atom. The molecule has 14 heavy (non-hydrogen) atoms. The van der Waals surface area contributed by atoms with E-state index in [0.717, 1.165) is 0 Å². The van der Waals surface area contributed by atoms with E-state index in [0.29, 0.717) is 5.82 Å². The molecule has 0 bridgehead atoms. The Morgan fingerprint density at radius 2 is 1.79 bits per heavy atom. The molecule has 2 aromatic heterocycles. The molecule has 0 N–H and O–H groups in total. The Morgan fingerprint density at radius 3 is 2.43 bits per heavy atom. The van der Waals surface area contributed by atoms with Crippen LogP contribution in [0, 0.1) is 0 Å². The van der Waals surface area contributed by atoms with Crippen molar-refractivity contribution in [2.45, 2.75) is 6.92 Å². The fourth-order valence-electron chi connectivity index (χ4n) is 1.05. The van der Waals surface area contributed by atoms with Crippen molar-refractivity contribution in [1.82, 2.24) is 25.0 Å². The number of rotatable bonds is 2. The second kappa shape index (κ2) is 3.33. The zero-order valence-electron chi connectivity index (χ0n) is 7.45. The smallest absolute Gasteiger partial charge is 0.203 e. The van der Waals surface area contributed by atoms with Crippen molar-refractivity contribution in [3.63, 3.8) is 0 Å². The lowest BCUT2D eigenvalue weighted by Gasteiger charge is -2.01. The topological polar surface area (TPSA) is 73.6 Å². The summed E-state index contributed by atoms with van der Waals surface area (Å²) in [5.41, 5.74) is 0.267. The van der Waals surface area contributed by atoms with Crippen molar-refractivity contribution < 1.29 is 4.79 Å². The summed E-state index contributed by atoms with van der Waals surface area (Å²) in [7, 11) is 0. The van der Waals surface area contributed by atoms with Crippen molar-refractivity contribution in [3.05, 3.63) is 30.5 Å². The Balaban J connectivity index is 2.58. The monoisotopic (exact) mass is 189 g/mol. The molecule has 0 amide bonds. The zero-order chi connectivity index (χ0) is 9.97. The summed E-state index contributed by atoms with van der Waals surface area (Å²) in [5, 5.41) is 7.76. The SMILES string of the molecule is CC(=O)c1nccnc1-n1nccn1. The van der Waals surface area contributed by atoms with Gasteiger partial charge in [0.2, 0.25) is 5.82 Å². The van der Waals surface area contributed by atoms with Crippen LogP contribution in [0.3, 0.4) is 0 Å². The molecule has 0 saturated heterocycles. The fourth-order valence-corrected chi connectivity index (χ4v) is 1.05. The van der Waals surface area contributed by atoms with Gasteiger partial charge in [-0.05, 0) is 0 Å². The maximum atomic E-state index is 11.2. The highest BCUT2D eigenvalue weighted by Gasteiger charge is 2.11. The first-order valence-corrected chi connectivity index (χ1v) is 3.97. The molecule has 2 heterocycles. The average Bonchev–Trinajstić information content (AvgIpc) is 2.70. The van der Waals surface area contributed by atoms with Gasteiger partial charge < -0.3 is 0 Å². The first-order valence-electron chi connectivity index (χ1n) is 3.97. The largest absolute Gasteiger partial charge is 0.293 e. The van der Waals surface area contributed by atoms with Crippen molar-refractivity contribution >= 4 is 5.78 Å². The number of ketones is 1. The highest BCUT2D eigenvalue weighted by atomic mass is 16.1. The van der Waals surface area contributed by atoms with Gasteiger partial charge in [0.05, 0.1) is 12.4 Å². The van der Waals surface area contributed by atoms with Gasteiger partial charge in [-0.1, -0.05) is 0 Å². The lowest BCUT2D eigenvalue weighted by atomic mass is 10.3. The van der Waals surface area contributed by atoms with Gasteiger partial charge >= 0.3 is 0 Å². The molecule has 0 aliphatic carbocycles. The van der Waals surface area contributed by atoms with Gasteiger partial charge in [0.15, 0.2) is 11.5 Å². The van der Waals surface area contributed by atoms with Gasteiger partial charge in [-0.25, -0.2) is 9.97 Å². The highest BCUT2D eigenvalue weighted by molar-refractivity contribution is 5.94. The molecule has 0 aromatic carbocycles. The lowest BCUT2D eigenvalue weighted by molar-refractivity contribution is 0.101. The molecule has 70 valence electrons. The standard InChI is InChI=1S/C8H7N5O/c1-6(14)7-8(10-3-2-9-7)13-11-4-5-12-13/h2-5H,1H3. The van der Waals surface area contributed by atoms with E-state index >= 15 is 0 Å². The predicted molar refractivity (Wildman–Crippen MR) is 47.0 cm³/mol. The third-order valence-electron chi connectivity index (χ3n) is 1.62. The van der Waals surface area contributed by atoms with Crippen molar-refractivity contribution in [3.8, 4) is 5.82 Å². The molecule has 6 heteroatoms. The van der Waals surface area contributed by atoms with Gasteiger partial charge in [0, 0.05) is 19.3 Å². The molecule has 0 radical (unpaired) electrons. The summed E-state index contributed by atoms with van der Waals surface area (Å²) in [4.78, 5) is 20.4. The molecule has 2 aromatic rings. The number of carbonyl (C=O) groups is 1. The number of Topliss-reactive ketones (excluding diaryl/α,β-unsaturated/α-hetero) is 1. The Labute approximate surface area is 79.6 Å². The van der Waals surface area contributed by atoms with Crippen LogP contribution in [-0.4, -0.2) is 30.7 Å². The number of carbonyl (C=O) groups excluding carboxylic acids is 1. The summed E-state index contributed by atoms with van der Waals surface area (Å²) in [6.07, 6.45) is 5.98. The van der Waals surface area contributed by atoms with Crippen molar-refractivity contribution in [2.75, 3.05) is 0 Å². The molecule has 0 atom stereocenters. The molecule has 0 unspecified atom stereocenters. The van der Waals surface area contributed by atoms with E-state index in [1.807, 2.05) is 0 Å². The Bertz CT molecular complexity index is 451. The minimum absolute atomic E-state index is 0.162. The predicted octanol–water partition coefficient (Wildman–Crippen LogP) is 0.260. The summed E-state index contributed by atoms with van der Waals surface area (Å²) in [6.45, 7) is 1.43. The van der Waals surface area contributed by atoms with Gasteiger partial charge in [-0.15, -0.1) is 4.80 Å². The fraction of sp³-hybridized carbons (Fsp3) is 0.125. The molecule has 0 aliphatic heterocycles. The van der Waals surface area contributed by atoms with E-state index in [4.69, 9.17) is 0 Å². The van der Waals surface area contributed by atoms with Gasteiger partial charge in [0.1, 0.15) is 0 Å². The van der Waals surface area contributed by atoms with Crippen molar-refractivity contribution in [2.24, 2.45) is 0 Å². The molecule has 6 nitrogen and oxygen atoms in total. The molecule has 0 aliphatic rings. The highest BCUT2D eigenvalue weighted by Crippen LogP contribution is 2.05. The van der Waals surface area contributed by atoms with E-state index < -0.39 is 0 Å². The van der Waals surface area contributed by atoms with Gasteiger partial charge in [-0.2, -0.15) is 10.2 Å². The normalized spacial score (nSPS) is 10.1. The van der Waals surface area contributed by atoms with E-state index in [-0.39, 0.29) is 11.5 Å². The molecular formula is C8H7N5O. The van der Waals surface area contributed by atoms with Crippen LogP contribution in [0.4, 0.5) is 0 Å². The third-order valence-corrected chi connectivity index (χ3v) is 1.62. The van der Waals surface area contributed by atoms with E-state index in [9.17, 15) is 4.79 Å². The Kier molecular flexibility index (Phi) is 2.02. The number of nitrogens with zero attached hydrogens (tertiary/aromatic N) is 5. The van der Waals surface area contributed by atoms with Crippen molar-refractivity contribution in [1.29, 1.82) is 0 Å². The summed E-state index contributed by atoms with van der Waals surface area (Å²) in [6, 6.07) is 0. The second-order valence-corrected chi connectivity index (χ2v) is 2.60. The average molecular weight is 189 g/mol. The number of hydrogen-bond donors (Lipinski definition) is 0. The minimum Gasteiger partial charge on any atom is -0.293 e. The first-order chi connectivity index (χ1) is 6.79. The quantitative estimate of drug-likeness (QED) is 0.633. The summed E-state index contributed by atoms with van der Waals surface area (Å²) < 4.78 is 0. The van der Waals surface area contributed by atoms with Crippen LogP contribution in [0.25, 0.3) is 5.82 Å². The van der Waals surface area contributed by atoms with Gasteiger partial charge in [-0.3, -0.25) is 4.79 Å².